The smallest absolute Gasteiger partial charge is 0.289 e. The minimum Gasteiger partial charge on any atom is -0.490 e. The summed E-state index contributed by atoms with van der Waals surface area (Å²) in [6, 6.07) is 8.23. The first-order chi connectivity index (χ1) is 14.3. The Morgan fingerprint density at radius 1 is 1.10 bits per heavy atom. The number of hydrogen-bond donors (Lipinski definition) is 1. The number of fused-ring (bicyclic) bond motifs is 2. The molecule has 7 nitrogen and oxygen atoms in total. The van der Waals surface area contributed by atoms with Gasteiger partial charge < -0.3 is 14.6 Å². The number of aryl methyl sites for hydroxylation is 1. The number of pyridine rings is 1. The molecule has 1 saturated carbocycles. The molecule has 0 spiro atoms. The number of carbonyl (C=O) groups is 1. The summed E-state index contributed by atoms with van der Waals surface area (Å²) in [5.41, 5.74) is 0. The Morgan fingerprint density at radius 2 is 2.00 bits per heavy atom. The highest BCUT2D eigenvalue weighted by Crippen LogP contribution is 2.29. The van der Waals surface area contributed by atoms with E-state index in [1.165, 1.54) is 0 Å². The van der Waals surface area contributed by atoms with E-state index >= 15 is 0 Å². The summed E-state index contributed by atoms with van der Waals surface area (Å²) in [5, 5.41) is 13.7. The molecule has 29 heavy (non-hydrogen) atoms. The highest BCUT2D eigenvalue weighted by molar-refractivity contribution is 5.91. The van der Waals surface area contributed by atoms with Crippen LogP contribution < -0.4 is 10.1 Å². The number of nitrogens with zero attached hydrogens (tertiary/aromatic N) is 4. The van der Waals surface area contributed by atoms with Crippen LogP contribution in [0.1, 0.15) is 55.0 Å². The minimum atomic E-state index is -0.100. The summed E-state index contributed by atoms with van der Waals surface area (Å²) in [6.07, 6.45) is 10.6. The molecule has 0 bridgehead atoms. The standard InChI is InChI=1S/C22H25N5O2/c28-22(21-26-25-20-6-1-2-13-27(20)21)24-16-7-9-17(10-8-16)29-19-5-3-4-15-14-23-12-11-18(15)19/h3-5,11-12,14,16-17H,1-2,6-10,13H2,(H,24,28). The molecule has 1 aliphatic carbocycles. The van der Waals surface area contributed by atoms with Crippen molar-refractivity contribution in [1.82, 2.24) is 25.1 Å². The van der Waals surface area contributed by atoms with Crippen molar-refractivity contribution in [3.8, 4) is 5.75 Å². The van der Waals surface area contributed by atoms with Crippen molar-refractivity contribution in [2.24, 2.45) is 0 Å². The highest BCUT2D eigenvalue weighted by Gasteiger charge is 2.27. The summed E-state index contributed by atoms with van der Waals surface area (Å²) in [6.45, 7) is 0.840. The van der Waals surface area contributed by atoms with Gasteiger partial charge in [0.1, 0.15) is 11.6 Å². The minimum absolute atomic E-state index is 0.100. The Bertz CT molecular complexity index is 1020. The molecule has 5 rings (SSSR count). The van der Waals surface area contributed by atoms with Crippen LogP contribution in [0.25, 0.3) is 10.8 Å². The number of nitrogens with one attached hydrogen (secondary N) is 1. The van der Waals surface area contributed by atoms with Gasteiger partial charge in [0.15, 0.2) is 0 Å². The summed E-state index contributed by atoms with van der Waals surface area (Å²) in [4.78, 5) is 16.9. The monoisotopic (exact) mass is 391 g/mol. The highest BCUT2D eigenvalue weighted by atomic mass is 16.5. The van der Waals surface area contributed by atoms with E-state index < -0.39 is 0 Å². The molecule has 0 unspecified atom stereocenters. The second-order valence-corrected chi connectivity index (χ2v) is 7.97. The van der Waals surface area contributed by atoms with E-state index in [2.05, 4.69) is 20.5 Å². The van der Waals surface area contributed by atoms with Gasteiger partial charge in [-0.05, 0) is 50.7 Å². The van der Waals surface area contributed by atoms with E-state index in [9.17, 15) is 4.79 Å². The van der Waals surface area contributed by atoms with Gasteiger partial charge in [-0.25, -0.2) is 0 Å². The molecule has 0 atom stereocenters. The number of aromatic nitrogens is 4. The Hall–Kier alpha value is -2.96. The van der Waals surface area contributed by atoms with Gasteiger partial charge in [0.2, 0.25) is 5.82 Å². The SMILES string of the molecule is O=C(NC1CCC(Oc2cccc3cnccc23)CC1)c1nnc2n1CCCC2. The van der Waals surface area contributed by atoms with Gasteiger partial charge in [0.25, 0.3) is 5.91 Å². The molecular formula is C22H25N5O2. The van der Waals surface area contributed by atoms with E-state index in [0.29, 0.717) is 5.82 Å². The van der Waals surface area contributed by atoms with Crippen molar-refractivity contribution in [3.63, 3.8) is 0 Å². The van der Waals surface area contributed by atoms with Crippen molar-refractivity contribution >= 4 is 16.7 Å². The number of ether oxygens (including phenoxy) is 1. The molecule has 0 radical (unpaired) electrons. The molecule has 1 aliphatic heterocycles. The van der Waals surface area contributed by atoms with Crippen molar-refractivity contribution in [1.29, 1.82) is 0 Å². The zero-order valence-corrected chi connectivity index (χ0v) is 16.4. The van der Waals surface area contributed by atoms with Gasteiger partial charge in [-0.15, -0.1) is 10.2 Å². The van der Waals surface area contributed by atoms with Gasteiger partial charge >= 0.3 is 0 Å². The average molecular weight is 391 g/mol. The largest absolute Gasteiger partial charge is 0.490 e. The van der Waals surface area contributed by atoms with E-state index in [4.69, 9.17) is 4.74 Å². The van der Waals surface area contributed by atoms with Crippen molar-refractivity contribution in [2.45, 2.75) is 63.6 Å². The van der Waals surface area contributed by atoms with Crippen molar-refractivity contribution in [3.05, 3.63) is 48.3 Å². The Labute approximate surface area is 169 Å². The molecule has 3 aromatic rings. The van der Waals surface area contributed by atoms with Gasteiger partial charge in [0, 0.05) is 42.2 Å². The molecule has 0 saturated heterocycles. The van der Waals surface area contributed by atoms with Crippen LogP contribution in [0, 0.1) is 0 Å². The second-order valence-electron chi connectivity index (χ2n) is 7.97. The lowest BCUT2D eigenvalue weighted by Gasteiger charge is -2.29. The first-order valence-corrected chi connectivity index (χ1v) is 10.5. The maximum absolute atomic E-state index is 12.7. The van der Waals surface area contributed by atoms with Gasteiger partial charge in [-0.2, -0.15) is 0 Å². The lowest BCUT2D eigenvalue weighted by molar-refractivity contribution is 0.0879. The normalized spacial score (nSPS) is 21.5. The first kappa shape index (κ1) is 18.1. The van der Waals surface area contributed by atoms with Crippen LogP contribution in [0.5, 0.6) is 5.75 Å². The number of hydrogen-bond acceptors (Lipinski definition) is 5. The molecule has 1 N–H and O–H groups in total. The van der Waals surface area contributed by atoms with Gasteiger partial charge in [0.05, 0.1) is 6.10 Å². The number of benzene rings is 1. The Kier molecular flexibility index (Phi) is 4.87. The molecule has 1 aromatic carbocycles. The molecule has 3 heterocycles. The lowest BCUT2D eigenvalue weighted by atomic mass is 9.92. The van der Waals surface area contributed by atoms with E-state index in [0.717, 1.165) is 73.8 Å². The average Bonchev–Trinajstić information content (AvgIpc) is 3.20. The molecule has 150 valence electrons. The van der Waals surface area contributed by atoms with E-state index in [-0.39, 0.29) is 18.1 Å². The molecule has 7 heteroatoms. The molecule has 2 aliphatic rings. The number of amides is 1. The van der Waals surface area contributed by atoms with Crippen LogP contribution in [0.15, 0.2) is 36.7 Å². The summed E-state index contributed by atoms with van der Waals surface area (Å²) in [7, 11) is 0. The number of carbonyl (C=O) groups excluding carboxylic acids is 1. The molecule has 2 aromatic heterocycles. The topological polar surface area (TPSA) is 81.9 Å². The Morgan fingerprint density at radius 3 is 2.90 bits per heavy atom. The van der Waals surface area contributed by atoms with Crippen LogP contribution in [-0.2, 0) is 13.0 Å². The predicted molar refractivity (Wildman–Crippen MR) is 109 cm³/mol. The maximum atomic E-state index is 12.7. The second kappa shape index (κ2) is 7.81. The summed E-state index contributed by atoms with van der Waals surface area (Å²) < 4.78 is 8.28. The molecule has 1 amide bonds. The predicted octanol–water partition coefficient (Wildman–Crippen LogP) is 3.28. The molecule has 1 fully saturated rings. The lowest BCUT2D eigenvalue weighted by Crippen LogP contribution is -2.40. The zero-order valence-electron chi connectivity index (χ0n) is 16.4. The van der Waals surface area contributed by atoms with Gasteiger partial charge in [-0.3, -0.25) is 9.78 Å². The number of rotatable bonds is 4. The van der Waals surface area contributed by atoms with E-state index in [1.54, 1.807) is 6.20 Å². The Balaban J connectivity index is 1.19. The maximum Gasteiger partial charge on any atom is 0.289 e. The fourth-order valence-corrected chi connectivity index (χ4v) is 4.43. The van der Waals surface area contributed by atoms with Gasteiger partial charge in [-0.1, -0.05) is 12.1 Å². The molecular weight excluding hydrogens is 366 g/mol. The third-order valence-electron chi connectivity index (χ3n) is 6.01. The third-order valence-corrected chi connectivity index (χ3v) is 6.01. The summed E-state index contributed by atoms with van der Waals surface area (Å²) >= 11 is 0. The van der Waals surface area contributed by atoms with Crippen LogP contribution in [0.4, 0.5) is 0 Å². The first-order valence-electron chi connectivity index (χ1n) is 10.5. The fourth-order valence-electron chi connectivity index (χ4n) is 4.43. The van der Waals surface area contributed by atoms with Crippen molar-refractivity contribution < 1.29 is 9.53 Å². The van der Waals surface area contributed by atoms with Crippen LogP contribution in [0.3, 0.4) is 0 Å². The van der Waals surface area contributed by atoms with E-state index in [1.807, 2.05) is 35.0 Å². The fraction of sp³-hybridized carbons (Fsp3) is 0.455. The van der Waals surface area contributed by atoms with Crippen molar-refractivity contribution in [2.75, 3.05) is 0 Å². The van der Waals surface area contributed by atoms with Crippen LogP contribution in [-0.4, -0.2) is 37.8 Å². The zero-order chi connectivity index (χ0) is 19.6. The third kappa shape index (κ3) is 3.69. The summed E-state index contributed by atoms with van der Waals surface area (Å²) in [5.74, 6) is 2.20. The quantitative estimate of drug-likeness (QED) is 0.738. The van der Waals surface area contributed by atoms with Crippen LogP contribution in [0.2, 0.25) is 0 Å². The van der Waals surface area contributed by atoms with Crippen LogP contribution >= 0.6 is 0 Å².